The summed E-state index contributed by atoms with van der Waals surface area (Å²) < 4.78 is 33.3. The molecule has 2 fully saturated rings. The van der Waals surface area contributed by atoms with E-state index < -0.39 is 29.6 Å². The Morgan fingerprint density at radius 1 is 1.11 bits per heavy atom. The molecule has 3 aliphatic heterocycles. The molecule has 2 saturated heterocycles. The molecule has 0 saturated carbocycles. The number of ether oxygens (including phenoxy) is 1. The van der Waals surface area contributed by atoms with Crippen molar-refractivity contribution >= 4 is 40.8 Å². The number of hydrogen-bond donors (Lipinski definition) is 2. The second-order valence-electron chi connectivity index (χ2n) is 10.9. The lowest BCUT2D eigenvalue weighted by molar-refractivity contribution is -0.137. The lowest BCUT2D eigenvalue weighted by Gasteiger charge is -2.38. The van der Waals surface area contributed by atoms with Crippen molar-refractivity contribution in [1.82, 2.24) is 20.1 Å². The Hall–Kier alpha value is -4.69. The number of rotatable bonds is 9. The molecule has 2 N–H and O–H groups in total. The number of aromatic nitrogens is 1. The summed E-state index contributed by atoms with van der Waals surface area (Å²) in [7, 11) is 1.26. The molecule has 234 valence electrons. The fourth-order valence-corrected chi connectivity index (χ4v) is 6.48. The number of aliphatic imine (C=N–C) groups is 1. The number of anilines is 1. The van der Waals surface area contributed by atoms with Crippen LogP contribution >= 0.6 is 11.3 Å². The van der Waals surface area contributed by atoms with Crippen LogP contribution in [0.4, 0.5) is 19.3 Å². The van der Waals surface area contributed by atoms with Crippen LogP contribution in [0.2, 0.25) is 0 Å². The molecule has 0 spiro atoms. The smallest absolute Gasteiger partial charge is 0.338 e. The van der Waals surface area contributed by atoms with Crippen LogP contribution < -0.4 is 10.2 Å². The summed E-state index contributed by atoms with van der Waals surface area (Å²) in [6.45, 7) is 2.27. The number of carbonyl (C=O) groups is 3. The van der Waals surface area contributed by atoms with Crippen molar-refractivity contribution in [3.05, 3.63) is 93.1 Å². The van der Waals surface area contributed by atoms with E-state index in [0.29, 0.717) is 49.1 Å². The number of carboxylic acids is 1. The van der Waals surface area contributed by atoms with E-state index in [1.165, 1.54) is 24.5 Å². The second-order valence-corrected chi connectivity index (χ2v) is 11.8. The summed E-state index contributed by atoms with van der Waals surface area (Å²) in [5.74, 6) is -3.17. The monoisotopic (exact) mass is 636 g/mol. The summed E-state index contributed by atoms with van der Waals surface area (Å²) in [6.07, 6.45) is 2.08. The predicted octanol–water partition coefficient (Wildman–Crippen LogP) is 3.58. The van der Waals surface area contributed by atoms with Gasteiger partial charge in [-0.25, -0.2) is 23.4 Å². The molecule has 0 aliphatic carbocycles. The third-order valence-electron chi connectivity index (χ3n) is 8.12. The molecule has 3 aromatic rings. The molecule has 45 heavy (non-hydrogen) atoms. The summed E-state index contributed by atoms with van der Waals surface area (Å²) >= 11 is 1.34. The zero-order valence-corrected chi connectivity index (χ0v) is 25.1. The number of hydrogen-bond acceptors (Lipinski definition) is 9. The number of piperazine rings is 1. The van der Waals surface area contributed by atoms with Gasteiger partial charge in [-0.15, -0.1) is 11.3 Å². The van der Waals surface area contributed by atoms with E-state index in [2.05, 4.69) is 15.2 Å². The first-order chi connectivity index (χ1) is 21.7. The number of nitrogens with zero attached hydrogens (tertiary/aromatic N) is 5. The zero-order valence-electron chi connectivity index (χ0n) is 24.3. The minimum atomic E-state index is -1.05. The predicted molar refractivity (Wildman–Crippen MR) is 162 cm³/mol. The molecule has 0 bridgehead atoms. The first-order valence-electron chi connectivity index (χ1n) is 14.3. The normalized spacial score (nSPS) is 20.2. The Labute approximate surface area is 261 Å². The van der Waals surface area contributed by atoms with E-state index in [0.717, 1.165) is 23.4 Å². The first kappa shape index (κ1) is 30.3. The minimum absolute atomic E-state index is 0.0371. The molecule has 4 heterocycles. The van der Waals surface area contributed by atoms with Crippen molar-refractivity contribution in [3.8, 4) is 0 Å². The van der Waals surface area contributed by atoms with E-state index in [9.17, 15) is 23.2 Å². The number of aryl methyl sites for hydroxylation is 1. The van der Waals surface area contributed by atoms with Crippen LogP contribution in [0.1, 0.15) is 28.6 Å². The van der Waals surface area contributed by atoms with Crippen molar-refractivity contribution in [1.29, 1.82) is 0 Å². The maximum Gasteiger partial charge on any atom is 0.338 e. The highest BCUT2D eigenvalue weighted by molar-refractivity contribution is 7.11. The summed E-state index contributed by atoms with van der Waals surface area (Å²) in [5, 5.41) is 14.6. The average molecular weight is 637 g/mol. The number of amides is 2. The van der Waals surface area contributed by atoms with Crippen LogP contribution in [-0.2, 0) is 20.7 Å². The summed E-state index contributed by atoms with van der Waals surface area (Å²) in [4.78, 5) is 52.2. The average Bonchev–Trinajstić information content (AvgIpc) is 3.69. The number of carbonyl (C=O) groups excluding carboxylic acids is 2. The van der Waals surface area contributed by atoms with Gasteiger partial charge in [0.1, 0.15) is 6.04 Å². The number of methoxy groups -OCH3 is 1. The number of urea groups is 1. The van der Waals surface area contributed by atoms with Gasteiger partial charge in [0.15, 0.2) is 22.5 Å². The van der Waals surface area contributed by atoms with Gasteiger partial charge in [-0.2, -0.15) is 0 Å². The van der Waals surface area contributed by atoms with E-state index in [1.54, 1.807) is 16.5 Å². The molecule has 0 radical (unpaired) electrons. The van der Waals surface area contributed by atoms with Gasteiger partial charge >= 0.3 is 18.0 Å². The lowest BCUT2D eigenvalue weighted by Crippen LogP contribution is -2.53. The van der Waals surface area contributed by atoms with E-state index in [1.807, 2.05) is 29.2 Å². The highest BCUT2D eigenvalue weighted by Gasteiger charge is 2.42. The highest BCUT2D eigenvalue weighted by atomic mass is 32.1. The van der Waals surface area contributed by atoms with Crippen LogP contribution in [0.5, 0.6) is 0 Å². The van der Waals surface area contributed by atoms with Gasteiger partial charge in [-0.1, -0.05) is 18.2 Å². The van der Waals surface area contributed by atoms with Crippen LogP contribution in [0.15, 0.2) is 70.3 Å². The standard InChI is InChI=1S/C31H30F2N6O5S/c1-44-30(42)26-24(35-28(29-34-10-13-45-29)36-27(26)19-5-8-22(32)23(33)14-19)17-37-11-12-38-21(15-37)16-39(31(38)43)20-6-2-18(3-7-20)4-9-25(40)41/h2-3,5-8,10,13-14,21,27H,4,9,11-12,15-17H2,1H3,(H,35,36)(H,40,41)/t21-,27-/m0/s1. The number of benzene rings is 2. The van der Waals surface area contributed by atoms with Crippen molar-refractivity contribution in [2.75, 3.05) is 44.7 Å². The zero-order chi connectivity index (χ0) is 31.7. The van der Waals surface area contributed by atoms with Gasteiger partial charge in [-0.3, -0.25) is 19.6 Å². The highest BCUT2D eigenvalue weighted by Crippen LogP contribution is 2.34. The van der Waals surface area contributed by atoms with Crippen molar-refractivity contribution < 1.29 is 33.0 Å². The van der Waals surface area contributed by atoms with E-state index >= 15 is 0 Å². The van der Waals surface area contributed by atoms with Gasteiger partial charge < -0.3 is 20.1 Å². The summed E-state index contributed by atoms with van der Waals surface area (Å²) in [5.41, 5.74) is 2.59. The molecule has 2 amide bonds. The van der Waals surface area contributed by atoms with Crippen LogP contribution in [0, 0.1) is 11.6 Å². The summed E-state index contributed by atoms with van der Waals surface area (Å²) in [6, 6.07) is 9.62. The van der Waals surface area contributed by atoms with Gasteiger partial charge in [0.05, 0.1) is 18.7 Å². The van der Waals surface area contributed by atoms with Crippen LogP contribution in [0.25, 0.3) is 0 Å². The quantitative estimate of drug-likeness (QED) is 0.342. The lowest BCUT2D eigenvalue weighted by atomic mass is 9.95. The number of nitrogens with one attached hydrogen (secondary N) is 1. The van der Waals surface area contributed by atoms with E-state index in [-0.39, 0.29) is 36.2 Å². The molecule has 6 rings (SSSR count). The molecular formula is C31H30F2N6O5S. The van der Waals surface area contributed by atoms with Gasteiger partial charge in [0.25, 0.3) is 0 Å². The maximum absolute atomic E-state index is 14.3. The number of halogens is 2. The van der Waals surface area contributed by atoms with E-state index in [4.69, 9.17) is 14.8 Å². The molecule has 11 nitrogen and oxygen atoms in total. The Morgan fingerprint density at radius 3 is 2.60 bits per heavy atom. The van der Waals surface area contributed by atoms with Gasteiger partial charge in [0, 0.05) is 62.1 Å². The fraction of sp³-hybridized carbons (Fsp3) is 0.323. The number of fused-ring (bicyclic) bond motifs is 1. The van der Waals surface area contributed by atoms with Crippen molar-refractivity contribution in [2.45, 2.75) is 24.9 Å². The Bertz CT molecular complexity index is 1680. The fourth-order valence-electron chi connectivity index (χ4n) is 5.89. The van der Waals surface area contributed by atoms with Crippen LogP contribution in [-0.4, -0.2) is 89.6 Å². The maximum atomic E-state index is 14.3. The second kappa shape index (κ2) is 12.7. The molecule has 1 aromatic heterocycles. The Balaban J connectivity index is 1.24. The van der Waals surface area contributed by atoms with Crippen molar-refractivity contribution in [3.63, 3.8) is 0 Å². The number of esters is 1. The van der Waals surface area contributed by atoms with Gasteiger partial charge in [-0.05, 0) is 41.8 Å². The Morgan fingerprint density at radius 2 is 1.91 bits per heavy atom. The number of carboxylic acid groups (broad SMARTS) is 1. The van der Waals surface area contributed by atoms with Crippen LogP contribution in [0.3, 0.4) is 0 Å². The third kappa shape index (κ3) is 6.28. The molecule has 14 heteroatoms. The topological polar surface area (TPSA) is 128 Å². The van der Waals surface area contributed by atoms with Crippen molar-refractivity contribution in [2.24, 2.45) is 4.99 Å². The number of aliphatic carboxylic acids is 1. The Kier molecular flexibility index (Phi) is 8.59. The molecule has 2 atom stereocenters. The molecule has 0 unspecified atom stereocenters. The number of thiazole rings is 1. The molecular weight excluding hydrogens is 606 g/mol. The molecule has 2 aromatic carbocycles. The molecule has 3 aliphatic rings. The largest absolute Gasteiger partial charge is 0.481 e. The first-order valence-corrected chi connectivity index (χ1v) is 15.2. The minimum Gasteiger partial charge on any atom is -0.481 e. The SMILES string of the molecule is COC(=O)C1=C(CN2CCN3C(=O)N(c4ccc(CCC(=O)O)cc4)C[C@@H]3C2)NC(c2nccs2)=N[C@H]1c1ccc(F)c(F)c1. The van der Waals surface area contributed by atoms with Gasteiger partial charge in [0.2, 0.25) is 0 Å². The third-order valence-corrected chi connectivity index (χ3v) is 8.90. The number of amidine groups is 1.